The Morgan fingerprint density at radius 2 is 0.516 bits per heavy atom. The van der Waals surface area contributed by atoms with Crippen molar-refractivity contribution >= 4 is 17.9 Å². The standard InChI is InChI=1S/C56H108O6/c1-7-50(4)42-36-30-24-20-18-16-14-12-10-11-13-15-17-19-21-26-33-39-45-54(57)60-48-53(49-61-55(58)46-40-34-29-28-32-38-44-52(6)9-3)62-56(59)47-41-35-27-23-22-25-31-37-43-51(5)8-2/h50-53H,7-49H2,1-6H3/t50?,51?,52?,53-/m0/s1. The largest absolute Gasteiger partial charge is 0.462 e. The van der Waals surface area contributed by atoms with Crippen molar-refractivity contribution in [3.05, 3.63) is 0 Å². The van der Waals surface area contributed by atoms with Crippen LogP contribution in [0.5, 0.6) is 0 Å². The van der Waals surface area contributed by atoms with Gasteiger partial charge in [-0.3, -0.25) is 14.4 Å². The van der Waals surface area contributed by atoms with Crippen molar-refractivity contribution in [2.24, 2.45) is 17.8 Å². The average molecular weight is 877 g/mol. The molecule has 0 radical (unpaired) electrons. The van der Waals surface area contributed by atoms with Gasteiger partial charge in [0.1, 0.15) is 13.2 Å². The first-order valence-corrected chi connectivity index (χ1v) is 27.7. The molecule has 0 heterocycles. The van der Waals surface area contributed by atoms with Crippen LogP contribution < -0.4 is 0 Å². The predicted molar refractivity (Wildman–Crippen MR) is 266 cm³/mol. The highest BCUT2D eigenvalue weighted by molar-refractivity contribution is 5.71. The maximum Gasteiger partial charge on any atom is 0.306 e. The highest BCUT2D eigenvalue weighted by Crippen LogP contribution is 2.19. The van der Waals surface area contributed by atoms with Crippen LogP contribution in [-0.2, 0) is 28.6 Å². The van der Waals surface area contributed by atoms with Gasteiger partial charge in [-0.15, -0.1) is 0 Å². The number of carbonyl (C=O) groups is 3. The minimum atomic E-state index is -0.764. The van der Waals surface area contributed by atoms with E-state index in [9.17, 15) is 14.4 Å². The zero-order valence-electron chi connectivity index (χ0n) is 42.7. The van der Waals surface area contributed by atoms with Crippen LogP contribution >= 0.6 is 0 Å². The minimum absolute atomic E-state index is 0.0652. The molecular formula is C56H108O6. The van der Waals surface area contributed by atoms with Crippen LogP contribution in [0.1, 0.15) is 305 Å². The molecule has 4 atom stereocenters. The Bertz CT molecular complexity index is 966. The van der Waals surface area contributed by atoms with Gasteiger partial charge in [-0.25, -0.2) is 0 Å². The molecule has 0 N–H and O–H groups in total. The lowest BCUT2D eigenvalue weighted by atomic mass is 9.99. The topological polar surface area (TPSA) is 78.9 Å². The number of hydrogen-bond donors (Lipinski definition) is 0. The second-order valence-corrected chi connectivity index (χ2v) is 19.9. The molecule has 0 fully saturated rings. The quantitative estimate of drug-likeness (QED) is 0.0344. The lowest BCUT2D eigenvalue weighted by molar-refractivity contribution is -0.167. The van der Waals surface area contributed by atoms with Gasteiger partial charge in [0.05, 0.1) is 0 Å². The number of hydrogen-bond acceptors (Lipinski definition) is 6. The Hall–Kier alpha value is -1.59. The van der Waals surface area contributed by atoms with E-state index in [-0.39, 0.29) is 31.1 Å². The Morgan fingerprint density at radius 1 is 0.306 bits per heavy atom. The molecule has 0 amide bonds. The van der Waals surface area contributed by atoms with Gasteiger partial charge < -0.3 is 14.2 Å². The second-order valence-electron chi connectivity index (χ2n) is 19.9. The highest BCUT2D eigenvalue weighted by atomic mass is 16.6. The molecule has 0 aliphatic rings. The van der Waals surface area contributed by atoms with E-state index in [0.29, 0.717) is 19.3 Å². The zero-order chi connectivity index (χ0) is 45.6. The van der Waals surface area contributed by atoms with Crippen molar-refractivity contribution in [2.75, 3.05) is 13.2 Å². The SMILES string of the molecule is CCC(C)CCCCCCCCCCCCCCCCCCCCC(=O)OC[C@@H](COC(=O)CCCCCCCCC(C)CC)OC(=O)CCCCCCCCCCC(C)CC. The number of carbonyl (C=O) groups excluding carboxylic acids is 3. The van der Waals surface area contributed by atoms with Gasteiger partial charge >= 0.3 is 17.9 Å². The molecule has 6 nitrogen and oxygen atoms in total. The first kappa shape index (κ1) is 60.4. The van der Waals surface area contributed by atoms with Crippen LogP contribution in [0.25, 0.3) is 0 Å². The first-order chi connectivity index (χ1) is 30.2. The summed E-state index contributed by atoms with van der Waals surface area (Å²) in [7, 11) is 0. The molecule has 0 aliphatic carbocycles. The van der Waals surface area contributed by atoms with Gasteiger partial charge in [0.25, 0.3) is 0 Å². The summed E-state index contributed by atoms with van der Waals surface area (Å²) in [4.78, 5) is 38.0. The van der Waals surface area contributed by atoms with E-state index in [1.165, 1.54) is 186 Å². The van der Waals surface area contributed by atoms with Gasteiger partial charge in [-0.05, 0) is 37.0 Å². The molecule has 0 bridgehead atoms. The smallest absolute Gasteiger partial charge is 0.306 e. The van der Waals surface area contributed by atoms with Gasteiger partial charge in [-0.2, -0.15) is 0 Å². The zero-order valence-corrected chi connectivity index (χ0v) is 42.7. The molecule has 0 aromatic rings. The van der Waals surface area contributed by atoms with Gasteiger partial charge in [0.2, 0.25) is 0 Å². The maximum atomic E-state index is 12.8. The molecule has 3 unspecified atom stereocenters. The Kier molecular flexibility index (Phi) is 46.2. The summed E-state index contributed by atoms with van der Waals surface area (Å²) in [5.74, 6) is 1.71. The summed E-state index contributed by atoms with van der Waals surface area (Å²) >= 11 is 0. The second kappa shape index (κ2) is 47.4. The normalized spacial score (nSPS) is 13.5. The number of rotatable bonds is 49. The van der Waals surface area contributed by atoms with Gasteiger partial charge in [0.15, 0.2) is 6.10 Å². The lowest BCUT2D eigenvalue weighted by Crippen LogP contribution is -2.30. The minimum Gasteiger partial charge on any atom is -0.462 e. The van der Waals surface area contributed by atoms with Crippen molar-refractivity contribution in [1.82, 2.24) is 0 Å². The summed E-state index contributed by atoms with van der Waals surface area (Å²) in [6.07, 6.45) is 48.1. The third-order valence-electron chi connectivity index (χ3n) is 13.7. The molecule has 0 spiro atoms. The fourth-order valence-corrected chi connectivity index (χ4v) is 8.37. The van der Waals surface area contributed by atoms with Crippen LogP contribution in [0.3, 0.4) is 0 Å². The van der Waals surface area contributed by atoms with Crippen LogP contribution in [0.4, 0.5) is 0 Å². The molecular weight excluding hydrogens is 769 g/mol. The molecule has 368 valence electrons. The molecule has 62 heavy (non-hydrogen) atoms. The molecule has 6 heteroatoms. The van der Waals surface area contributed by atoms with Crippen LogP contribution in [0.15, 0.2) is 0 Å². The first-order valence-electron chi connectivity index (χ1n) is 27.7. The van der Waals surface area contributed by atoms with Crippen molar-refractivity contribution in [3.8, 4) is 0 Å². The van der Waals surface area contributed by atoms with E-state index in [1.54, 1.807) is 0 Å². The highest BCUT2D eigenvalue weighted by Gasteiger charge is 2.19. The molecule has 0 aliphatic heterocycles. The van der Waals surface area contributed by atoms with Gasteiger partial charge in [0, 0.05) is 19.3 Å². The monoisotopic (exact) mass is 877 g/mol. The van der Waals surface area contributed by atoms with Crippen LogP contribution in [0.2, 0.25) is 0 Å². The van der Waals surface area contributed by atoms with Crippen molar-refractivity contribution in [1.29, 1.82) is 0 Å². The van der Waals surface area contributed by atoms with E-state index in [2.05, 4.69) is 41.5 Å². The van der Waals surface area contributed by atoms with Crippen LogP contribution in [-0.4, -0.2) is 37.2 Å². The van der Waals surface area contributed by atoms with E-state index in [4.69, 9.17) is 14.2 Å². The number of unbranched alkanes of at least 4 members (excludes halogenated alkanes) is 29. The summed E-state index contributed by atoms with van der Waals surface area (Å²) in [5, 5.41) is 0. The third kappa shape index (κ3) is 45.0. The Labute approximate surface area is 387 Å². The molecule has 0 aromatic carbocycles. The Morgan fingerprint density at radius 3 is 0.758 bits per heavy atom. The number of ether oxygens (including phenoxy) is 3. The van der Waals surface area contributed by atoms with Crippen molar-refractivity contribution in [2.45, 2.75) is 311 Å². The van der Waals surface area contributed by atoms with E-state index in [1.807, 2.05) is 0 Å². The summed E-state index contributed by atoms with van der Waals surface area (Å²) in [6, 6.07) is 0. The van der Waals surface area contributed by atoms with E-state index < -0.39 is 6.10 Å². The Balaban J connectivity index is 4.19. The average Bonchev–Trinajstić information content (AvgIpc) is 3.27. The third-order valence-corrected chi connectivity index (χ3v) is 13.7. The molecule has 0 rings (SSSR count). The molecule has 0 aromatic heterocycles. The summed E-state index contributed by atoms with van der Waals surface area (Å²) < 4.78 is 16.8. The van der Waals surface area contributed by atoms with Crippen LogP contribution in [0, 0.1) is 17.8 Å². The van der Waals surface area contributed by atoms with Crippen molar-refractivity contribution < 1.29 is 28.6 Å². The summed E-state index contributed by atoms with van der Waals surface area (Å²) in [5.41, 5.74) is 0. The molecule has 0 saturated heterocycles. The number of esters is 3. The van der Waals surface area contributed by atoms with Crippen molar-refractivity contribution in [3.63, 3.8) is 0 Å². The molecule has 0 saturated carbocycles. The van der Waals surface area contributed by atoms with Gasteiger partial charge in [-0.1, -0.05) is 266 Å². The predicted octanol–water partition coefficient (Wildman–Crippen LogP) is 17.9. The van der Waals surface area contributed by atoms with E-state index >= 15 is 0 Å². The van der Waals surface area contributed by atoms with E-state index in [0.717, 1.165) is 75.5 Å². The fourth-order valence-electron chi connectivity index (χ4n) is 8.37. The fraction of sp³-hybridized carbons (Fsp3) is 0.946. The lowest BCUT2D eigenvalue weighted by Gasteiger charge is -2.18. The summed E-state index contributed by atoms with van der Waals surface area (Å²) in [6.45, 7) is 13.8. The maximum absolute atomic E-state index is 12.8.